The highest BCUT2D eigenvalue weighted by Crippen LogP contribution is 2.66. The van der Waals surface area contributed by atoms with Crippen LogP contribution >= 0.6 is 47.4 Å². The van der Waals surface area contributed by atoms with Crippen molar-refractivity contribution in [3.05, 3.63) is 79.1 Å². The minimum atomic E-state index is -6.09. The van der Waals surface area contributed by atoms with Gasteiger partial charge in [-0.1, -0.05) is 0 Å². The molecular weight excluding hydrogens is 1450 g/mol. The molecule has 7 aromatic heterocycles. The summed E-state index contributed by atoms with van der Waals surface area (Å²) in [5.74, 6) is -0.958. The van der Waals surface area contributed by atoms with E-state index in [0.717, 1.165) is 55.8 Å². The quantitative estimate of drug-likeness (QED) is 0.0250. The molecule has 58 heteroatoms. The first-order valence-corrected chi connectivity index (χ1v) is 35.2. The fourth-order valence-corrected chi connectivity index (χ4v) is 15.1. The number of nitrogens with one attached hydrogen (secondary N) is 3. The summed E-state index contributed by atoms with van der Waals surface area (Å²) in [4.78, 5) is 150. The predicted molar refractivity (Wildman–Crippen MR) is 305 cm³/mol. The maximum absolute atomic E-state index is 13.9. The van der Waals surface area contributed by atoms with E-state index in [2.05, 4.69) is 62.5 Å². The zero-order valence-electron chi connectivity index (χ0n) is 47.7. The van der Waals surface area contributed by atoms with Crippen LogP contribution in [0.15, 0.2) is 56.8 Å². The maximum Gasteiger partial charge on any atom is 0.694 e. The van der Waals surface area contributed by atoms with Gasteiger partial charge >= 0.3 is 53.1 Å². The lowest BCUT2D eigenvalue weighted by Gasteiger charge is -2.26. The number of aliphatic hydroxyl groups is 6. The summed E-state index contributed by atoms with van der Waals surface area (Å²) in [5, 5.41) is 64.5. The van der Waals surface area contributed by atoms with Crippen molar-refractivity contribution in [3.63, 3.8) is 0 Å². The highest BCUT2D eigenvalue weighted by Gasteiger charge is 2.55. The third-order valence-electron chi connectivity index (χ3n) is 14.0. The van der Waals surface area contributed by atoms with E-state index in [0.29, 0.717) is 0 Å². The van der Waals surface area contributed by atoms with Crippen molar-refractivity contribution in [1.29, 1.82) is 0 Å². The average molecular weight is 1500 g/mol. The smallest absolute Gasteiger partial charge is 0.387 e. The van der Waals surface area contributed by atoms with E-state index in [1.807, 2.05) is 4.98 Å². The Hall–Kier alpha value is -6.42. The normalized spacial score (nSPS) is 30.3. The molecule has 0 aromatic carbocycles. The van der Waals surface area contributed by atoms with Crippen LogP contribution in [0.3, 0.4) is 0 Å². The number of phosphoric ester groups is 3. The second-order valence-electron chi connectivity index (χ2n) is 20.4. The lowest BCUT2D eigenvalue weighted by atomic mass is 10.1. The van der Waals surface area contributed by atoms with Gasteiger partial charge < -0.3 is 96.1 Å². The lowest BCUT2D eigenvalue weighted by Crippen LogP contribution is -2.38. The Morgan fingerprint density at radius 2 is 0.928 bits per heavy atom. The topological polar surface area (TPSA) is 780 Å². The fourth-order valence-electron chi connectivity index (χ4n) is 9.88. The monoisotopic (exact) mass is 1500 g/mol. The summed E-state index contributed by atoms with van der Waals surface area (Å²) in [7, 11) is -32.1. The van der Waals surface area contributed by atoms with Crippen LogP contribution in [0.1, 0.15) is 24.9 Å². The Morgan fingerprint density at radius 3 is 1.40 bits per heavy atom. The molecule has 11 rings (SSSR count). The lowest BCUT2D eigenvalue weighted by molar-refractivity contribution is -0.0616. The number of rotatable bonds is 24. The van der Waals surface area contributed by atoms with E-state index in [9.17, 15) is 96.8 Å². The van der Waals surface area contributed by atoms with Crippen molar-refractivity contribution in [3.8, 4) is 0 Å². The summed E-state index contributed by atoms with van der Waals surface area (Å²) in [5.41, 5.74) is 12.8. The van der Waals surface area contributed by atoms with Crippen LogP contribution in [-0.4, -0.2) is 233 Å². The second-order valence-corrected chi connectivity index (χ2v) is 28.4. The number of aliphatic hydroxyl groups excluding tert-OH is 6. The number of anilines is 3. The zero-order chi connectivity index (χ0) is 70.8. The molecule has 21 atom stereocenters. The number of nitrogens with zero attached hydrogens (tertiary/aromatic N) is 11. The molecule has 532 valence electrons. The van der Waals surface area contributed by atoms with Crippen LogP contribution in [0.4, 0.5) is 17.7 Å². The molecule has 0 spiro atoms. The van der Waals surface area contributed by atoms with Gasteiger partial charge in [0, 0.05) is 16.8 Å². The summed E-state index contributed by atoms with van der Waals surface area (Å²) in [6.45, 7) is -4.17. The van der Waals surface area contributed by atoms with Gasteiger partial charge in [0.05, 0.1) is 38.8 Å². The molecule has 4 saturated heterocycles. The van der Waals surface area contributed by atoms with Crippen molar-refractivity contribution >= 4 is 98.6 Å². The number of hydrogen-bond donors (Lipinski definition) is 19. The Kier molecular flexibility index (Phi) is 21.4. The van der Waals surface area contributed by atoms with Gasteiger partial charge in [0.15, 0.2) is 58.7 Å². The summed E-state index contributed by atoms with van der Waals surface area (Å²) >= 11 is 0. The molecule has 5 unspecified atom stereocenters. The number of H-pyrrole nitrogens is 3. The first-order valence-electron chi connectivity index (χ1n) is 26.6. The largest absolute Gasteiger partial charge is 0.694 e. The number of aromatic amines is 3. The molecule has 97 heavy (non-hydrogen) atoms. The molecule has 7 aromatic rings. The summed E-state index contributed by atoms with van der Waals surface area (Å²) in [6, 6.07) is 1.05. The Morgan fingerprint density at radius 1 is 0.505 bits per heavy atom. The van der Waals surface area contributed by atoms with Crippen LogP contribution in [0.2, 0.25) is 0 Å². The third kappa shape index (κ3) is 16.4. The van der Waals surface area contributed by atoms with Crippen molar-refractivity contribution in [1.82, 2.24) is 68.1 Å². The Labute approximate surface area is 533 Å². The highest BCUT2D eigenvalue weighted by atomic mass is 31.3. The average Bonchev–Trinajstić information content (AvgIpc) is 1.63. The summed E-state index contributed by atoms with van der Waals surface area (Å²) < 4.78 is 137. The van der Waals surface area contributed by atoms with Gasteiger partial charge in [0.2, 0.25) is 11.9 Å². The van der Waals surface area contributed by atoms with Crippen molar-refractivity contribution in [2.45, 2.75) is 98.2 Å². The van der Waals surface area contributed by atoms with Gasteiger partial charge in [-0.3, -0.25) is 70.2 Å². The van der Waals surface area contributed by atoms with Gasteiger partial charge in [0.25, 0.3) is 16.7 Å². The highest BCUT2D eigenvalue weighted by molar-refractivity contribution is 7.66. The molecule has 0 amide bonds. The van der Waals surface area contributed by atoms with Crippen molar-refractivity contribution in [2.24, 2.45) is 0 Å². The van der Waals surface area contributed by atoms with Crippen LogP contribution in [0.5, 0.6) is 0 Å². The molecular formula is C39H52N17O35P6+. The van der Waals surface area contributed by atoms with Crippen LogP contribution in [-0.2, 0) is 82.1 Å². The number of nitrogen functional groups attached to an aromatic ring is 3. The van der Waals surface area contributed by atoms with Gasteiger partial charge in [0.1, 0.15) is 91.7 Å². The summed E-state index contributed by atoms with van der Waals surface area (Å²) in [6.07, 6.45) is -23.4. The van der Waals surface area contributed by atoms with E-state index in [1.165, 1.54) is 0 Å². The predicted octanol–water partition coefficient (Wildman–Crippen LogP) is -6.86. The number of aromatic nitrogens is 14. The van der Waals surface area contributed by atoms with Crippen LogP contribution in [0, 0.1) is 0 Å². The minimum absolute atomic E-state index is 0.0249. The van der Waals surface area contributed by atoms with Crippen molar-refractivity contribution < 1.29 is 147 Å². The second kappa shape index (κ2) is 28.3. The van der Waals surface area contributed by atoms with Gasteiger partial charge in [-0.2, -0.15) is 18.6 Å². The Balaban J connectivity index is 0.000000436. The van der Waals surface area contributed by atoms with Gasteiger partial charge in [-0.15, -0.1) is 9.42 Å². The van der Waals surface area contributed by atoms with Crippen LogP contribution < -0.4 is 39.6 Å². The molecule has 0 radical (unpaired) electrons. The minimum Gasteiger partial charge on any atom is -0.387 e. The van der Waals surface area contributed by atoms with E-state index >= 15 is 0 Å². The number of nitrogens with two attached hydrogens (primary N) is 3. The molecule has 11 heterocycles. The standard InChI is InChI=1S/C30H40N15O27P5.C9H11N2O8P/c31-20-11-21(35-4-34-20)43(5-36-11)27-16(48)18(69-74(55,56)63-1-8-14(46)15(47)26(66-8)44-6-37-12-22(44)39-29(32)41-24(12)50)9(67-27)2-64-75(57,58)70-19-10(3-65-76(59,60)72-77(61,62)71-73(52,53)54)68-28(17(19)49)45-7-38-13-23(45)40-30(33)42-25(13)51;12-5-1-2-11(9(15)10-5)8-7(14)6(13)4(19-8)3-18-20(16)17/h4-10,14-19,26-28,46-49H,1-3H2,(H,55,56)(H,57,58)(H,59,60)(H,61,62)(H2,31,34,35)(H2,52,53,54)(H3,32,39,41,50)(H3,33,40,42,51);1-2,4,6-8,13-14H,3H2,(H-,10,12,15,16,17)/p+1/t8-,9-,10-,14-,15-,16-,17-,18-,19-,26-,27-,28-;4-,6-,7-,8-/m11/s1. The fraction of sp³-hybridized carbons (Fsp3) is 0.513. The van der Waals surface area contributed by atoms with Gasteiger partial charge in [-0.25, -0.2) is 52.5 Å². The van der Waals surface area contributed by atoms with E-state index in [4.69, 9.17) is 68.9 Å². The zero-order valence-corrected chi connectivity index (χ0v) is 53.0. The molecule has 52 nitrogen and oxygen atoms in total. The number of imidazole rings is 3. The first-order chi connectivity index (χ1) is 45.3. The molecule has 0 aliphatic carbocycles. The Bertz CT molecular complexity index is 4600. The molecule has 4 fully saturated rings. The van der Waals surface area contributed by atoms with E-state index in [1.54, 1.807) is 0 Å². The molecule has 0 bridgehead atoms. The number of fused-ring (bicyclic) bond motifs is 3. The number of ether oxygens (including phenoxy) is 4. The maximum atomic E-state index is 13.9. The SMILES string of the molecule is Nc1nc2c(ncn2[C@@H]2O[C@H](COP(=O)(O)O[C@H]3[C@@H](O)[C@H](n4cnc5c(N)ncnc54)O[C@@H]3COP(=O)(O)O[C@H]3[C@@H](O)[C@H](n4cnc5c(=O)[nH]c(N)nc54)O[C@@H]3COP(=O)(O)OP(=O)(O)OP(=O)(O)O)[C@@H](O)[C@H]2O)c(=O)[nH]1.O=c1ccn([C@@H]2O[C@H](CO[P+](=O)O)[C@@H](O)[C@H]2O)c(=O)[nH]1. The third-order valence-corrected chi connectivity index (χ3v) is 20.2. The first kappa shape index (κ1) is 73.3. The molecule has 4 aliphatic heterocycles. The number of phosphoric acid groups is 5. The molecule has 22 N–H and O–H groups in total. The molecule has 4 aliphatic rings. The molecule has 0 saturated carbocycles. The van der Waals surface area contributed by atoms with E-state index < -0.39 is 206 Å². The number of hydrogen-bond acceptors (Lipinski definition) is 38. The van der Waals surface area contributed by atoms with Crippen LogP contribution in [0.25, 0.3) is 33.5 Å². The van der Waals surface area contributed by atoms with E-state index in [-0.39, 0.29) is 39.7 Å². The van der Waals surface area contributed by atoms with Gasteiger partial charge in [-0.05, 0) is 0 Å². The van der Waals surface area contributed by atoms with Crippen molar-refractivity contribution in [2.75, 3.05) is 43.6 Å².